The zero-order valence-corrected chi connectivity index (χ0v) is 20.6. The van der Waals surface area contributed by atoms with Gasteiger partial charge in [0.2, 0.25) is 11.8 Å². The average Bonchev–Trinajstić information content (AvgIpc) is 2.94. The van der Waals surface area contributed by atoms with Crippen LogP contribution in [0.3, 0.4) is 0 Å². The van der Waals surface area contributed by atoms with E-state index in [-0.39, 0.29) is 0 Å². The third-order valence-electron chi connectivity index (χ3n) is 7.77. The molecular weight excluding hydrogens is 488 g/mol. The summed E-state index contributed by atoms with van der Waals surface area (Å²) in [7, 11) is 2.69. The Kier molecular flexibility index (Phi) is 5.31. The van der Waals surface area contributed by atoms with Crippen LogP contribution in [0.25, 0.3) is 10.8 Å². The van der Waals surface area contributed by atoms with Crippen LogP contribution in [0.5, 0.6) is 0 Å². The van der Waals surface area contributed by atoms with Crippen molar-refractivity contribution in [2.45, 2.75) is 12.0 Å². The van der Waals surface area contributed by atoms with Gasteiger partial charge >= 0.3 is 6.03 Å². The summed E-state index contributed by atoms with van der Waals surface area (Å²) in [5, 5.41) is 5.11. The van der Waals surface area contributed by atoms with Gasteiger partial charge in [-0.25, -0.2) is 13.6 Å². The lowest BCUT2D eigenvalue weighted by molar-refractivity contribution is -0.160. The second-order valence-corrected chi connectivity index (χ2v) is 9.74. The fourth-order valence-electron chi connectivity index (χ4n) is 6.02. The number of benzene rings is 4. The van der Waals surface area contributed by atoms with E-state index in [9.17, 15) is 23.2 Å². The van der Waals surface area contributed by atoms with Crippen LogP contribution >= 0.6 is 0 Å². The van der Waals surface area contributed by atoms with E-state index in [1.807, 2.05) is 36.4 Å². The highest BCUT2D eigenvalue weighted by Crippen LogP contribution is 2.59. The number of carbonyl (C=O) groups excluding carboxylic acids is 3. The Labute approximate surface area is 217 Å². The van der Waals surface area contributed by atoms with Crippen LogP contribution in [0.2, 0.25) is 0 Å². The van der Waals surface area contributed by atoms with E-state index in [1.165, 1.54) is 50.5 Å². The van der Waals surface area contributed by atoms with Crippen LogP contribution in [0.4, 0.5) is 19.3 Å². The lowest BCUT2D eigenvalue weighted by Crippen LogP contribution is -2.68. The van der Waals surface area contributed by atoms with Crippen molar-refractivity contribution in [3.63, 3.8) is 0 Å². The minimum Gasteiger partial charge on any atom is -0.376 e. The van der Waals surface area contributed by atoms with E-state index >= 15 is 0 Å². The number of imide groups is 2. The van der Waals surface area contributed by atoms with Crippen LogP contribution in [0, 0.1) is 17.0 Å². The maximum absolute atomic E-state index is 14.4. The molecule has 190 valence electrons. The molecule has 38 heavy (non-hydrogen) atoms. The van der Waals surface area contributed by atoms with Crippen LogP contribution in [0.15, 0.2) is 84.9 Å². The Morgan fingerprint density at radius 3 is 1.87 bits per heavy atom. The van der Waals surface area contributed by atoms with Gasteiger partial charge in [0.25, 0.3) is 0 Å². The number of anilines is 1. The van der Waals surface area contributed by atoms with Crippen molar-refractivity contribution in [2.24, 2.45) is 5.41 Å². The summed E-state index contributed by atoms with van der Waals surface area (Å²) in [5.74, 6) is -3.22. The molecule has 0 radical (unpaired) electrons. The predicted octanol–water partition coefficient (Wildman–Crippen LogP) is 5.45. The van der Waals surface area contributed by atoms with Crippen molar-refractivity contribution in [3.8, 4) is 0 Å². The predicted molar refractivity (Wildman–Crippen MR) is 138 cm³/mol. The first-order chi connectivity index (χ1) is 18.2. The van der Waals surface area contributed by atoms with E-state index < -0.39 is 46.9 Å². The molecule has 0 aliphatic carbocycles. The van der Waals surface area contributed by atoms with Gasteiger partial charge in [0.05, 0.1) is 6.04 Å². The zero-order valence-electron chi connectivity index (χ0n) is 20.6. The fraction of sp³-hybridized carbons (Fsp3) is 0.167. The highest BCUT2D eigenvalue weighted by atomic mass is 19.1. The molecule has 1 saturated heterocycles. The maximum Gasteiger partial charge on any atom is 0.332 e. The average molecular weight is 512 g/mol. The molecule has 6 nitrogen and oxygen atoms in total. The fourth-order valence-corrected chi connectivity index (χ4v) is 6.02. The van der Waals surface area contributed by atoms with Crippen molar-refractivity contribution in [1.82, 2.24) is 9.80 Å². The Balaban J connectivity index is 1.76. The minimum atomic E-state index is -1.88. The normalized spacial score (nSPS) is 20.6. The monoisotopic (exact) mass is 511 g/mol. The maximum atomic E-state index is 14.4. The van der Waals surface area contributed by atoms with Crippen molar-refractivity contribution in [2.75, 3.05) is 19.4 Å². The van der Waals surface area contributed by atoms with E-state index in [2.05, 4.69) is 5.32 Å². The van der Waals surface area contributed by atoms with E-state index in [1.54, 1.807) is 12.1 Å². The highest BCUT2D eigenvalue weighted by Gasteiger charge is 2.67. The van der Waals surface area contributed by atoms with Gasteiger partial charge in [0.1, 0.15) is 11.6 Å². The first-order valence-corrected chi connectivity index (χ1v) is 12.1. The Hall–Kier alpha value is -4.59. The molecule has 0 bridgehead atoms. The number of hydrogen-bond acceptors (Lipinski definition) is 4. The number of carbonyl (C=O) groups is 3. The number of amides is 4. The Bertz CT molecular complexity index is 1590. The zero-order chi connectivity index (χ0) is 26.8. The molecular formula is C30H23F2N3O3. The number of barbiturate groups is 1. The summed E-state index contributed by atoms with van der Waals surface area (Å²) in [6.45, 7) is 0. The van der Waals surface area contributed by atoms with Gasteiger partial charge in [-0.1, -0.05) is 54.6 Å². The molecule has 2 aliphatic rings. The molecule has 2 heterocycles. The number of hydrogen-bond donors (Lipinski definition) is 1. The quantitative estimate of drug-likeness (QED) is 0.363. The number of fused-ring (bicyclic) bond motifs is 3. The topological polar surface area (TPSA) is 69.7 Å². The summed E-state index contributed by atoms with van der Waals surface area (Å²) >= 11 is 0. The van der Waals surface area contributed by atoms with Gasteiger partial charge in [-0.05, 0) is 57.8 Å². The largest absolute Gasteiger partial charge is 0.376 e. The van der Waals surface area contributed by atoms with Gasteiger partial charge in [-0.15, -0.1) is 0 Å². The minimum absolute atomic E-state index is 0.462. The molecule has 2 atom stereocenters. The summed E-state index contributed by atoms with van der Waals surface area (Å²) in [4.78, 5) is 43.6. The van der Waals surface area contributed by atoms with Crippen LogP contribution in [-0.4, -0.2) is 41.7 Å². The first-order valence-electron chi connectivity index (χ1n) is 12.1. The smallest absolute Gasteiger partial charge is 0.332 e. The molecule has 1 N–H and O–H groups in total. The molecule has 4 aromatic rings. The van der Waals surface area contributed by atoms with Crippen molar-refractivity contribution in [3.05, 3.63) is 113 Å². The molecule has 4 amide bonds. The molecule has 0 unspecified atom stereocenters. The molecule has 4 aromatic carbocycles. The Morgan fingerprint density at radius 1 is 0.711 bits per heavy atom. The highest BCUT2D eigenvalue weighted by molar-refractivity contribution is 6.21. The second kappa shape index (κ2) is 8.48. The number of nitrogens with zero attached hydrogens (tertiary/aromatic N) is 2. The summed E-state index contributed by atoms with van der Waals surface area (Å²) < 4.78 is 28.1. The lowest BCUT2D eigenvalue weighted by Gasteiger charge is -2.53. The molecule has 0 saturated carbocycles. The number of nitrogens with one attached hydrogen (secondary N) is 1. The van der Waals surface area contributed by atoms with Crippen LogP contribution in [-0.2, 0) is 9.59 Å². The number of urea groups is 1. The standard InChI is InChI=1S/C30H23F2N3O3/c1-34-27(36)30(28(37)35(2)29(34)38)25(18-7-12-20(31)13-8-18)24-22-6-4-3-5-17(22)11-16-23(24)33-26(30)19-9-14-21(32)15-10-19/h3-16,25-26,33H,1-2H3/t25-,26+/m1/s1. The molecule has 6 rings (SSSR count). The van der Waals surface area contributed by atoms with Crippen LogP contribution in [0.1, 0.15) is 28.7 Å². The second-order valence-electron chi connectivity index (χ2n) is 9.74. The summed E-state index contributed by atoms with van der Waals surface area (Å²) in [6.07, 6.45) is 0. The van der Waals surface area contributed by atoms with Crippen LogP contribution < -0.4 is 5.32 Å². The lowest BCUT2D eigenvalue weighted by atomic mass is 9.58. The van der Waals surface area contributed by atoms with Gasteiger partial charge in [-0.2, -0.15) is 0 Å². The SMILES string of the molecule is CN1C(=O)N(C)C(=O)C2(C1=O)[C@H](c1ccc(F)cc1)c1c(ccc3ccccc13)N[C@H]2c1ccc(F)cc1. The third-order valence-corrected chi connectivity index (χ3v) is 7.77. The Morgan fingerprint density at radius 2 is 1.26 bits per heavy atom. The summed E-state index contributed by atoms with van der Waals surface area (Å²) in [6, 6.07) is 21.0. The van der Waals surface area contributed by atoms with E-state index in [4.69, 9.17) is 0 Å². The molecule has 0 aromatic heterocycles. The van der Waals surface area contributed by atoms with Gasteiger partial charge in [0.15, 0.2) is 5.41 Å². The van der Waals surface area contributed by atoms with Gasteiger partial charge < -0.3 is 5.32 Å². The number of rotatable bonds is 2. The molecule has 1 fully saturated rings. The van der Waals surface area contributed by atoms with Crippen molar-refractivity contribution in [1.29, 1.82) is 0 Å². The molecule has 2 aliphatic heterocycles. The third kappa shape index (κ3) is 3.19. The van der Waals surface area contributed by atoms with Crippen molar-refractivity contribution < 1.29 is 23.2 Å². The van der Waals surface area contributed by atoms with Gasteiger partial charge in [-0.3, -0.25) is 19.4 Å². The van der Waals surface area contributed by atoms with E-state index in [0.717, 1.165) is 20.6 Å². The van der Waals surface area contributed by atoms with E-state index in [0.29, 0.717) is 22.4 Å². The number of halogens is 2. The van der Waals surface area contributed by atoms with Crippen molar-refractivity contribution >= 4 is 34.3 Å². The molecule has 1 spiro atoms. The molecule has 8 heteroatoms. The summed E-state index contributed by atoms with van der Waals surface area (Å²) in [5.41, 5.74) is 0.516. The first kappa shape index (κ1) is 23.8. The van der Waals surface area contributed by atoms with Gasteiger partial charge in [0, 0.05) is 25.7 Å².